The fraction of sp³-hybridized carbons (Fsp3) is 0.312. The molecule has 2 N–H and O–H groups in total. The van der Waals surface area contributed by atoms with Gasteiger partial charge in [-0.1, -0.05) is 12.1 Å². The Balaban J connectivity index is 1.70. The minimum Gasteiger partial charge on any atom is -0.366 e. The van der Waals surface area contributed by atoms with Crippen LogP contribution in [0.25, 0.3) is 0 Å². The average molecular weight is 282 g/mol. The van der Waals surface area contributed by atoms with Crippen LogP contribution >= 0.6 is 0 Å². The summed E-state index contributed by atoms with van der Waals surface area (Å²) in [6.07, 6.45) is 5.47. The average Bonchev–Trinajstić information content (AvgIpc) is 3.27. The molecule has 0 aliphatic heterocycles. The molecule has 1 saturated carbocycles. The van der Waals surface area contributed by atoms with Gasteiger partial charge in [0.15, 0.2) is 0 Å². The summed E-state index contributed by atoms with van der Waals surface area (Å²) in [4.78, 5) is 20.6. The molecule has 1 heterocycles. The van der Waals surface area contributed by atoms with Crippen molar-refractivity contribution in [2.24, 2.45) is 0 Å². The van der Waals surface area contributed by atoms with Gasteiger partial charge in [-0.25, -0.2) is 9.97 Å². The number of carbonyl (C=O) groups excluding carboxylic acids is 1. The lowest BCUT2D eigenvalue weighted by Crippen LogP contribution is -2.15. The molecule has 0 unspecified atom stereocenters. The zero-order valence-electron chi connectivity index (χ0n) is 12.2. The van der Waals surface area contributed by atoms with Crippen molar-refractivity contribution in [3.8, 4) is 0 Å². The quantitative estimate of drug-likeness (QED) is 0.904. The van der Waals surface area contributed by atoms with E-state index in [-0.39, 0.29) is 5.91 Å². The number of aromatic nitrogens is 2. The molecule has 1 fully saturated rings. The first kappa shape index (κ1) is 13.5. The van der Waals surface area contributed by atoms with Gasteiger partial charge in [-0.3, -0.25) is 4.79 Å². The molecule has 5 heteroatoms. The van der Waals surface area contributed by atoms with Crippen LogP contribution in [0.1, 0.15) is 34.5 Å². The highest BCUT2D eigenvalue weighted by atomic mass is 16.1. The molecule has 1 aromatic heterocycles. The summed E-state index contributed by atoms with van der Waals surface area (Å²) in [5, 5.41) is 6.12. The van der Waals surface area contributed by atoms with Crippen LogP contribution in [0.15, 0.2) is 30.6 Å². The Hall–Kier alpha value is -2.43. The second kappa shape index (κ2) is 5.52. The minimum absolute atomic E-state index is 0.242. The third-order valence-electron chi connectivity index (χ3n) is 3.46. The molecule has 0 atom stereocenters. The van der Waals surface area contributed by atoms with Crippen molar-refractivity contribution in [3.05, 3.63) is 47.4 Å². The first-order chi connectivity index (χ1) is 10.1. The molecule has 0 bridgehead atoms. The predicted octanol–water partition coefficient (Wildman–Crippen LogP) is 2.92. The summed E-state index contributed by atoms with van der Waals surface area (Å²) in [6, 6.07) is 6.47. The predicted molar refractivity (Wildman–Crippen MR) is 82.5 cm³/mol. The number of nitrogens with zero attached hydrogens (tertiary/aromatic N) is 2. The van der Waals surface area contributed by atoms with Crippen LogP contribution < -0.4 is 10.6 Å². The first-order valence-corrected chi connectivity index (χ1v) is 7.09. The van der Waals surface area contributed by atoms with Gasteiger partial charge in [-0.2, -0.15) is 0 Å². The van der Waals surface area contributed by atoms with E-state index in [2.05, 4.69) is 20.6 Å². The molecule has 1 amide bonds. The summed E-state index contributed by atoms with van der Waals surface area (Å²) in [5.74, 6) is 0.481. The Morgan fingerprint density at radius 3 is 2.67 bits per heavy atom. The normalized spacial score (nSPS) is 13.8. The molecule has 2 aromatic rings. The van der Waals surface area contributed by atoms with Gasteiger partial charge in [-0.05, 0) is 43.9 Å². The van der Waals surface area contributed by atoms with E-state index < -0.39 is 0 Å². The molecule has 0 saturated heterocycles. The number of aryl methyl sites for hydroxylation is 2. The van der Waals surface area contributed by atoms with Crippen LogP contribution in [0.3, 0.4) is 0 Å². The van der Waals surface area contributed by atoms with Crippen LogP contribution in [0.4, 0.5) is 11.5 Å². The molecule has 1 aromatic carbocycles. The van der Waals surface area contributed by atoms with Gasteiger partial charge in [0, 0.05) is 11.7 Å². The van der Waals surface area contributed by atoms with Crippen LogP contribution in [0.5, 0.6) is 0 Å². The van der Waals surface area contributed by atoms with E-state index in [0.29, 0.717) is 11.7 Å². The molecule has 21 heavy (non-hydrogen) atoms. The molecule has 0 radical (unpaired) electrons. The molecular weight excluding hydrogens is 264 g/mol. The van der Waals surface area contributed by atoms with Gasteiger partial charge < -0.3 is 10.6 Å². The molecule has 1 aliphatic rings. The molecule has 5 nitrogen and oxygen atoms in total. The number of carbonyl (C=O) groups is 1. The number of rotatable bonds is 4. The maximum atomic E-state index is 12.2. The highest BCUT2D eigenvalue weighted by Crippen LogP contribution is 2.23. The first-order valence-electron chi connectivity index (χ1n) is 7.09. The monoisotopic (exact) mass is 282 g/mol. The van der Waals surface area contributed by atoms with Crippen molar-refractivity contribution in [2.75, 3.05) is 10.6 Å². The van der Waals surface area contributed by atoms with E-state index in [9.17, 15) is 4.79 Å². The van der Waals surface area contributed by atoms with Gasteiger partial charge >= 0.3 is 0 Å². The molecule has 0 spiro atoms. The van der Waals surface area contributed by atoms with Crippen molar-refractivity contribution in [1.82, 2.24) is 9.97 Å². The molecule has 108 valence electrons. The zero-order chi connectivity index (χ0) is 14.8. The lowest BCUT2D eigenvalue weighted by molar-refractivity contribution is 0.102. The van der Waals surface area contributed by atoms with Gasteiger partial charge in [0.2, 0.25) is 0 Å². The van der Waals surface area contributed by atoms with Crippen molar-refractivity contribution >= 4 is 17.4 Å². The van der Waals surface area contributed by atoms with E-state index in [1.807, 2.05) is 32.0 Å². The highest BCUT2D eigenvalue weighted by molar-refractivity contribution is 6.03. The SMILES string of the molecule is Cc1ccc(C)c(NC(=O)c2cnc(NC3CC3)cn2)c1. The fourth-order valence-corrected chi connectivity index (χ4v) is 2.01. The lowest BCUT2D eigenvalue weighted by Gasteiger charge is -2.09. The van der Waals surface area contributed by atoms with Crippen LogP contribution in [-0.2, 0) is 0 Å². The third-order valence-corrected chi connectivity index (χ3v) is 3.46. The standard InChI is InChI=1S/C16H18N4O/c1-10-3-4-11(2)13(7-10)20-16(21)14-8-18-15(9-17-14)19-12-5-6-12/h3-4,7-9,12H,5-6H2,1-2H3,(H,18,19)(H,20,21). The summed E-state index contributed by atoms with van der Waals surface area (Å²) < 4.78 is 0. The summed E-state index contributed by atoms with van der Waals surface area (Å²) in [5.41, 5.74) is 3.25. The Morgan fingerprint density at radius 2 is 2.00 bits per heavy atom. The topological polar surface area (TPSA) is 66.9 Å². The maximum absolute atomic E-state index is 12.2. The summed E-state index contributed by atoms with van der Waals surface area (Å²) in [7, 11) is 0. The number of hydrogen-bond acceptors (Lipinski definition) is 4. The van der Waals surface area contributed by atoms with Crippen molar-refractivity contribution in [3.63, 3.8) is 0 Å². The van der Waals surface area contributed by atoms with Crippen molar-refractivity contribution < 1.29 is 4.79 Å². The van der Waals surface area contributed by atoms with Crippen LogP contribution in [0.2, 0.25) is 0 Å². The smallest absolute Gasteiger partial charge is 0.275 e. The van der Waals surface area contributed by atoms with E-state index in [1.54, 1.807) is 6.20 Å². The lowest BCUT2D eigenvalue weighted by atomic mass is 10.1. The molecular formula is C16H18N4O. The molecule has 3 rings (SSSR count). The zero-order valence-corrected chi connectivity index (χ0v) is 12.2. The Bertz CT molecular complexity index is 662. The van der Waals surface area contributed by atoms with E-state index in [1.165, 1.54) is 19.0 Å². The summed E-state index contributed by atoms with van der Waals surface area (Å²) >= 11 is 0. The maximum Gasteiger partial charge on any atom is 0.275 e. The van der Waals surface area contributed by atoms with Crippen molar-refractivity contribution in [2.45, 2.75) is 32.7 Å². The molecule has 1 aliphatic carbocycles. The summed E-state index contributed by atoms with van der Waals surface area (Å²) in [6.45, 7) is 3.95. The highest BCUT2D eigenvalue weighted by Gasteiger charge is 2.21. The van der Waals surface area contributed by atoms with Crippen LogP contribution in [-0.4, -0.2) is 21.9 Å². The minimum atomic E-state index is -0.242. The van der Waals surface area contributed by atoms with Crippen molar-refractivity contribution in [1.29, 1.82) is 0 Å². The van der Waals surface area contributed by atoms with E-state index >= 15 is 0 Å². The Labute approximate surface area is 123 Å². The third kappa shape index (κ3) is 3.37. The van der Waals surface area contributed by atoms with Gasteiger partial charge in [0.1, 0.15) is 11.5 Å². The number of amides is 1. The largest absolute Gasteiger partial charge is 0.366 e. The second-order valence-electron chi connectivity index (χ2n) is 5.48. The number of hydrogen-bond donors (Lipinski definition) is 2. The van der Waals surface area contributed by atoms with Gasteiger partial charge in [-0.15, -0.1) is 0 Å². The number of benzene rings is 1. The van der Waals surface area contributed by atoms with Gasteiger partial charge in [0.25, 0.3) is 5.91 Å². The Kier molecular flexibility index (Phi) is 3.56. The Morgan fingerprint density at radius 1 is 1.19 bits per heavy atom. The van der Waals surface area contributed by atoms with Gasteiger partial charge in [0.05, 0.1) is 12.4 Å². The van der Waals surface area contributed by atoms with E-state index in [4.69, 9.17) is 0 Å². The fourth-order valence-electron chi connectivity index (χ4n) is 2.01. The van der Waals surface area contributed by atoms with Crippen LogP contribution in [0, 0.1) is 13.8 Å². The van der Waals surface area contributed by atoms with E-state index in [0.717, 1.165) is 22.6 Å². The number of anilines is 2. The second-order valence-corrected chi connectivity index (χ2v) is 5.48. The number of nitrogens with one attached hydrogen (secondary N) is 2.